The van der Waals surface area contributed by atoms with E-state index in [9.17, 15) is 29.7 Å². The number of carbonyl (C=O) groups is 4. The molecule has 0 bridgehead atoms. The van der Waals surface area contributed by atoms with Gasteiger partial charge in [-0.2, -0.15) is 10.5 Å². The van der Waals surface area contributed by atoms with Crippen molar-refractivity contribution in [3.8, 4) is 12.1 Å². The Morgan fingerprint density at radius 1 is 0.882 bits per heavy atom. The lowest BCUT2D eigenvalue weighted by molar-refractivity contribution is -0.165. The number of methoxy groups -OCH3 is 4. The highest BCUT2D eigenvalue weighted by molar-refractivity contribution is 5.89. The maximum atomic E-state index is 13.1. The van der Waals surface area contributed by atoms with Crippen LogP contribution in [0.3, 0.4) is 0 Å². The SMILES string of the molecule is COC(=O)CC(C#N)(CCC(C(=O)OC)C(C#N)(C(=O)OC)C(C)c1ccccc1)C(=O)OC. The molecular formula is C24H28N2O8. The average molecular weight is 472 g/mol. The Labute approximate surface area is 198 Å². The topological polar surface area (TPSA) is 153 Å². The lowest BCUT2D eigenvalue weighted by Gasteiger charge is -2.37. The monoisotopic (exact) mass is 472 g/mol. The first-order chi connectivity index (χ1) is 16.1. The summed E-state index contributed by atoms with van der Waals surface area (Å²) in [6.45, 7) is 1.59. The fourth-order valence-electron chi connectivity index (χ4n) is 4.00. The zero-order valence-corrected chi connectivity index (χ0v) is 19.8. The van der Waals surface area contributed by atoms with Crippen LogP contribution in [-0.2, 0) is 38.1 Å². The Morgan fingerprint density at radius 3 is 1.91 bits per heavy atom. The summed E-state index contributed by atoms with van der Waals surface area (Å²) < 4.78 is 19.2. The van der Waals surface area contributed by atoms with Crippen molar-refractivity contribution in [3.05, 3.63) is 35.9 Å². The minimum Gasteiger partial charge on any atom is -0.469 e. The van der Waals surface area contributed by atoms with Gasteiger partial charge < -0.3 is 18.9 Å². The molecule has 1 aromatic rings. The van der Waals surface area contributed by atoms with Gasteiger partial charge in [0.2, 0.25) is 0 Å². The third-order valence-electron chi connectivity index (χ3n) is 6.05. The minimum atomic E-state index is -2.06. The average Bonchev–Trinajstić information content (AvgIpc) is 2.88. The largest absolute Gasteiger partial charge is 0.469 e. The van der Waals surface area contributed by atoms with Gasteiger partial charge in [0.1, 0.15) is 0 Å². The van der Waals surface area contributed by atoms with Gasteiger partial charge in [0.25, 0.3) is 0 Å². The van der Waals surface area contributed by atoms with Gasteiger partial charge in [-0.3, -0.25) is 19.2 Å². The molecule has 0 aliphatic carbocycles. The third-order valence-corrected chi connectivity index (χ3v) is 6.05. The van der Waals surface area contributed by atoms with E-state index in [1.165, 1.54) is 0 Å². The summed E-state index contributed by atoms with van der Waals surface area (Å²) in [5.41, 5.74) is -3.50. The van der Waals surface area contributed by atoms with E-state index < -0.39 is 59.4 Å². The van der Waals surface area contributed by atoms with Crippen LogP contribution in [0.4, 0.5) is 0 Å². The lowest BCUT2D eigenvalue weighted by Crippen LogP contribution is -2.47. The van der Waals surface area contributed by atoms with Gasteiger partial charge in [0.15, 0.2) is 10.8 Å². The highest BCUT2D eigenvalue weighted by Crippen LogP contribution is 2.47. The molecule has 182 valence electrons. The molecule has 0 saturated carbocycles. The summed E-state index contributed by atoms with van der Waals surface area (Å²) in [5, 5.41) is 20.1. The number of esters is 4. The van der Waals surface area contributed by atoms with Crippen molar-refractivity contribution in [1.82, 2.24) is 0 Å². The Bertz CT molecular complexity index is 981. The zero-order chi connectivity index (χ0) is 25.9. The fourth-order valence-corrected chi connectivity index (χ4v) is 4.00. The van der Waals surface area contributed by atoms with Crippen molar-refractivity contribution < 1.29 is 38.1 Å². The van der Waals surface area contributed by atoms with Crippen molar-refractivity contribution in [2.24, 2.45) is 16.7 Å². The van der Waals surface area contributed by atoms with Gasteiger partial charge in [-0.05, 0) is 18.4 Å². The van der Waals surface area contributed by atoms with Crippen molar-refractivity contribution in [1.29, 1.82) is 10.5 Å². The molecule has 0 N–H and O–H groups in total. The van der Waals surface area contributed by atoms with E-state index in [0.29, 0.717) is 5.56 Å². The second-order valence-corrected chi connectivity index (χ2v) is 7.66. The molecule has 0 aromatic heterocycles. The molecule has 10 nitrogen and oxygen atoms in total. The predicted octanol–water partition coefficient (Wildman–Crippen LogP) is 2.29. The molecule has 0 aliphatic rings. The first kappa shape index (κ1) is 28.1. The molecule has 34 heavy (non-hydrogen) atoms. The minimum absolute atomic E-state index is 0.341. The molecule has 1 rings (SSSR count). The summed E-state index contributed by atoms with van der Waals surface area (Å²) in [6.07, 6.45) is -1.38. The van der Waals surface area contributed by atoms with Gasteiger partial charge in [-0.25, -0.2) is 0 Å². The molecular weight excluding hydrogens is 444 g/mol. The van der Waals surface area contributed by atoms with Gasteiger partial charge >= 0.3 is 23.9 Å². The third kappa shape index (κ3) is 5.52. The van der Waals surface area contributed by atoms with Gasteiger partial charge in [-0.1, -0.05) is 37.3 Å². The number of rotatable bonds is 11. The molecule has 0 radical (unpaired) electrons. The van der Waals surface area contributed by atoms with Crippen LogP contribution in [0.25, 0.3) is 0 Å². The van der Waals surface area contributed by atoms with Crippen molar-refractivity contribution in [2.75, 3.05) is 28.4 Å². The summed E-state index contributed by atoms with van der Waals surface area (Å²) >= 11 is 0. The van der Waals surface area contributed by atoms with Crippen LogP contribution in [0.2, 0.25) is 0 Å². The van der Waals surface area contributed by atoms with Crippen molar-refractivity contribution >= 4 is 23.9 Å². The molecule has 0 saturated heterocycles. The normalized spacial score (nSPS) is 15.6. The summed E-state index contributed by atoms with van der Waals surface area (Å²) in [4.78, 5) is 50.4. The summed E-state index contributed by atoms with van der Waals surface area (Å²) in [5.74, 6) is -6.04. The highest BCUT2D eigenvalue weighted by atomic mass is 16.5. The summed E-state index contributed by atoms with van der Waals surface area (Å²) in [7, 11) is 4.33. The van der Waals surface area contributed by atoms with E-state index >= 15 is 0 Å². The van der Waals surface area contributed by atoms with Crippen LogP contribution in [0.15, 0.2) is 30.3 Å². The van der Waals surface area contributed by atoms with E-state index in [-0.39, 0.29) is 6.42 Å². The number of ether oxygens (including phenoxy) is 4. The molecule has 1 aromatic carbocycles. The van der Waals surface area contributed by atoms with Crippen LogP contribution >= 0.6 is 0 Å². The maximum absolute atomic E-state index is 13.1. The molecule has 10 heteroatoms. The number of carbonyl (C=O) groups excluding carboxylic acids is 4. The molecule has 0 aliphatic heterocycles. The number of nitrogens with zero attached hydrogens (tertiary/aromatic N) is 2. The molecule has 0 spiro atoms. The van der Waals surface area contributed by atoms with E-state index in [1.54, 1.807) is 43.3 Å². The number of hydrogen-bond donors (Lipinski definition) is 0. The van der Waals surface area contributed by atoms with E-state index in [4.69, 9.17) is 14.2 Å². The number of benzene rings is 1. The molecule has 0 heterocycles. The quantitative estimate of drug-likeness (QED) is 0.346. The second kappa shape index (κ2) is 12.4. The van der Waals surface area contributed by atoms with Crippen molar-refractivity contribution in [3.63, 3.8) is 0 Å². The van der Waals surface area contributed by atoms with Gasteiger partial charge in [-0.15, -0.1) is 0 Å². The number of hydrogen-bond acceptors (Lipinski definition) is 10. The Balaban J connectivity index is 3.64. The van der Waals surface area contributed by atoms with Gasteiger partial charge in [0, 0.05) is 5.92 Å². The smallest absolute Gasteiger partial charge is 0.327 e. The zero-order valence-electron chi connectivity index (χ0n) is 19.8. The first-order valence-corrected chi connectivity index (χ1v) is 10.3. The summed E-state index contributed by atoms with van der Waals surface area (Å²) in [6, 6.07) is 12.3. The van der Waals surface area contributed by atoms with Crippen LogP contribution in [0, 0.1) is 39.4 Å². The lowest BCUT2D eigenvalue weighted by atomic mass is 9.63. The standard InChI is InChI=1S/C24H28N2O8/c1-16(17-9-7-6-8-10-17)24(15-26,22(30)34-5)18(20(28)32-3)11-12-23(14-25,21(29)33-4)13-19(27)31-2/h6-10,16,18H,11-13H2,1-5H3. The fraction of sp³-hybridized carbons (Fsp3) is 0.500. The van der Waals surface area contributed by atoms with Crippen LogP contribution in [-0.4, -0.2) is 52.3 Å². The second-order valence-electron chi connectivity index (χ2n) is 7.66. The Morgan fingerprint density at radius 2 is 1.47 bits per heavy atom. The van der Waals surface area contributed by atoms with Gasteiger partial charge in [0.05, 0.1) is 52.9 Å². The van der Waals surface area contributed by atoms with E-state index in [0.717, 1.165) is 28.4 Å². The highest BCUT2D eigenvalue weighted by Gasteiger charge is 2.57. The molecule has 0 amide bonds. The maximum Gasteiger partial charge on any atom is 0.327 e. The molecule has 4 atom stereocenters. The Kier molecular flexibility index (Phi) is 10.2. The van der Waals surface area contributed by atoms with E-state index in [1.807, 2.05) is 6.07 Å². The van der Waals surface area contributed by atoms with E-state index in [2.05, 4.69) is 4.74 Å². The predicted molar refractivity (Wildman–Crippen MR) is 116 cm³/mol. The molecule has 4 unspecified atom stereocenters. The van der Waals surface area contributed by atoms with Crippen LogP contribution in [0.1, 0.15) is 37.7 Å². The molecule has 0 fully saturated rings. The van der Waals surface area contributed by atoms with Crippen LogP contribution < -0.4 is 0 Å². The first-order valence-electron chi connectivity index (χ1n) is 10.3. The van der Waals surface area contributed by atoms with Crippen LogP contribution in [0.5, 0.6) is 0 Å². The van der Waals surface area contributed by atoms with Crippen molar-refractivity contribution in [2.45, 2.75) is 32.1 Å². The Hall–Kier alpha value is -3.92. The number of nitriles is 2.